The Morgan fingerprint density at radius 2 is 2.20 bits per heavy atom. The van der Waals surface area contributed by atoms with E-state index in [1.165, 1.54) is 19.0 Å². The molecule has 1 N–H and O–H groups in total. The van der Waals surface area contributed by atoms with Crippen LogP contribution in [0.3, 0.4) is 0 Å². The van der Waals surface area contributed by atoms with Crippen molar-refractivity contribution in [2.75, 3.05) is 0 Å². The Balaban J connectivity index is 2.40. The molecule has 0 aliphatic rings. The van der Waals surface area contributed by atoms with Gasteiger partial charge in [-0.25, -0.2) is 4.39 Å². The quantitative estimate of drug-likeness (QED) is 0.733. The zero-order chi connectivity index (χ0) is 11.1. The number of halogens is 1. The van der Waals surface area contributed by atoms with Crippen LogP contribution in [0.2, 0.25) is 0 Å². The summed E-state index contributed by atoms with van der Waals surface area (Å²) in [5.41, 5.74) is 0.362. The maximum Gasteiger partial charge on any atom is 0.147 e. The SMILES string of the molecule is CCCCCCC(O)c1ccncc1F. The smallest absolute Gasteiger partial charge is 0.147 e. The lowest BCUT2D eigenvalue weighted by Gasteiger charge is -2.10. The molecule has 0 aromatic carbocycles. The number of aliphatic hydroxyl groups excluding tert-OH is 1. The van der Waals surface area contributed by atoms with E-state index in [2.05, 4.69) is 11.9 Å². The molecule has 1 heterocycles. The van der Waals surface area contributed by atoms with E-state index in [0.29, 0.717) is 12.0 Å². The largest absolute Gasteiger partial charge is 0.388 e. The van der Waals surface area contributed by atoms with Gasteiger partial charge in [0.05, 0.1) is 12.3 Å². The number of hydrogen-bond donors (Lipinski definition) is 1. The lowest BCUT2D eigenvalue weighted by atomic mass is 10.0. The van der Waals surface area contributed by atoms with E-state index < -0.39 is 11.9 Å². The average molecular weight is 211 g/mol. The van der Waals surface area contributed by atoms with Gasteiger partial charge < -0.3 is 5.11 Å². The summed E-state index contributed by atoms with van der Waals surface area (Å²) >= 11 is 0. The third-order valence-electron chi connectivity index (χ3n) is 2.49. The molecule has 1 unspecified atom stereocenters. The van der Waals surface area contributed by atoms with Gasteiger partial charge in [0.25, 0.3) is 0 Å². The molecule has 1 aromatic rings. The van der Waals surface area contributed by atoms with Gasteiger partial charge in [0.1, 0.15) is 5.82 Å². The summed E-state index contributed by atoms with van der Waals surface area (Å²) < 4.78 is 13.2. The molecule has 0 amide bonds. The molecule has 3 heteroatoms. The summed E-state index contributed by atoms with van der Waals surface area (Å²) in [7, 11) is 0. The van der Waals surface area contributed by atoms with Crippen LogP contribution >= 0.6 is 0 Å². The Labute approximate surface area is 90.2 Å². The number of hydrogen-bond acceptors (Lipinski definition) is 2. The molecule has 0 bridgehead atoms. The van der Waals surface area contributed by atoms with E-state index >= 15 is 0 Å². The van der Waals surface area contributed by atoms with E-state index in [1.54, 1.807) is 6.07 Å². The fourth-order valence-corrected chi connectivity index (χ4v) is 1.58. The van der Waals surface area contributed by atoms with Crippen LogP contribution in [0.25, 0.3) is 0 Å². The fourth-order valence-electron chi connectivity index (χ4n) is 1.58. The third kappa shape index (κ3) is 3.96. The topological polar surface area (TPSA) is 33.1 Å². The zero-order valence-corrected chi connectivity index (χ0v) is 9.12. The maximum absolute atomic E-state index is 13.2. The second kappa shape index (κ2) is 6.51. The molecule has 0 aliphatic heterocycles. The average Bonchev–Trinajstić information content (AvgIpc) is 2.25. The molecular formula is C12H18FNO. The van der Waals surface area contributed by atoms with Crippen LogP contribution in [0.1, 0.15) is 50.7 Å². The number of aliphatic hydroxyl groups is 1. The molecule has 0 saturated carbocycles. The van der Waals surface area contributed by atoms with E-state index in [9.17, 15) is 9.50 Å². The summed E-state index contributed by atoms with van der Waals surface area (Å²) in [6.07, 6.45) is 6.96. The number of rotatable bonds is 6. The number of nitrogens with zero attached hydrogens (tertiary/aromatic N) is 1. The van der Waals surface area contributed by atoms with E-state index in [0.717, 1.165) is 19.0 Å². The molecular weight excluding hydrogens is 193 g/mol. The van der Waals surface area contributed by atoms with Crippen molar-refractivity contribution in [2.24, 2.45) is 0 Å². The first-order valence-corrected chi connectivity index (χ1v) is 5.53. The fraction of sp³-hybridized carbons (Fsp3) is 0.583. The highest BCUT2D eigenvalue weighted by Gasteiger charge is 2.11. The number of aromatic nitrogens is 1. The molecule has 0 aliphatic carbocycles. The van der Waals surface area contributed by atoms with Crippen LogP contribution < -0.4 is 0 Å². The Morgan fingerprint density at radius 1 is 1.40 bits per heavy atom. The molecule has 0 spiro atoms. The van der Waals surface area contributed by atoms with Gasteiger partial charge >= 0.3 is 0 Å². The predicted molar refractivity (Wildman–Crippen MR) is 57.9 cm³/mol. The first-order valence-electron chi connectivity index (χ1n) is 5.53. The number of unbranched alkanes of at least 4 members (excludes halogenated alkanes) is 3. The predicted octanol–water partition coefficient (Wildman–Crippen LogP) is 3.22. The van der Waals surface area contributed by atoms with Gasteiger partial charge in [-0.3, -0.25) is 4.98 Å². The lowest BCUT2D eigenvalue weighted by molar-refractivity contribution is 0.158. The normalized spacial score (nSPS) is 12.7. The van der Waals surface area contributed by atoms with Crippen LogP contribution in [-0.2, 0) is 0 Å². The van der Waals surface area contributed by atoms with Gasteiger partial charge in [-0.15, -0.1) is 0 Å². The maximum atomic E-state index is 13.2. The van der Waals surface area contributed by atoms with Crippen LogP contribution in [0.5, 0.6) is 0 Å². The minimum atomic E-state index is -0.690. The molecule has 15 heavy (non-hydrogen) atoms. The molecule has 0 radical (unpaired) electrons. The summed E-state index contributed by atoms with van der Waals surface area (Å²) in [5, 5.41) is 9.73. The van der Waals surface area contributed by atoms with Crippen molar-refractivity contribution in [3.05, 3.63) is 29.8 Å². The van der Waals surface area contributed by atoms with E-state index in [1.807, 2.05) is 0 Å². The standard InChI is InChI=1S/C12H18FNO/c1-2-3-4-5-6-12(15)10-7-8-14-9-11(10)13/h7-9,12,15H,2-6H2,1H3. The zero-order valence-electron chi connectivity index (χ0n) is 9.12. The Hall–Kier alpha value is -0.960. The highest BCUT2D eigenvalue weighted by atomic mass is 19.1. The van der Waals surface area contributed by atoms with Crippen LogP contribution in [0.15, 0.2) is 18.5 Å². The van der Waals surface area contributed by atoms with Crippen molar-refractivity contribution in [1.82, 2.24) is 4.98 Å². The molecule has 2 nitrogen and oxygen atoms in total. The Morgan fingerprint density at radius 3 is 2.87 bits per heavy atom. The molecule has 1 atom stereocenters. The summed E-state index contributed by atoms with van der Waals surface area (Å²) in [6.45, 7) is 2.14. The summed E-state index contributed by atoms with van der Waals surface area (Å²) in [5.74, 6) is -0.416. The molecule has 0 fully saturated rings. The van der Waals surface area contributed by atoms with Crippen molar-refractivity contribution in [3.8, 4) is 0 Å². The summed E-state index contributed by atoms with van der Waals surface area (Å²) in [6, 6.07) is 1.54. The van der Waals surface area contributed by atoms with E-state index in [4.69, 9.17) is 0 Å². The first kappa shape index (κ1) is 12.1. The van der Waals surface area contributed by atoms with Crippen LogP contribution in [0, 0.1) is 5.82 Å². The molecule has 1 rings (SSSR count). The second-order valence-electron chi connectivity index (χ2n) is 3.76. The van der Waals surface area contributed by atoms with Crippen molar-refractivity contribution in [3.63, 3.8) is 0 Å². The van der Waals surface area contributed by atoms with Gasteiger partial charge in [-0.1, -0.05) is 32.6 Å². The number of pyridine rings is 1. The Bertz CT molecular complexity index is 291. The van der Waals surface area contributed by atoms with Gasteiger partial charge in [-0.05, 0) is 12.5 Å². The van der Waals surface area contributed by atoms with Crippen LogP contribution in [-0.4, -0.2) is 10.1 Å². The molecule has 0 saturated heterocycles. The van der Waals surface area contributed by atoms with Gasteiger partial charge in [0.15, 0.2) is 0 Å². The minimum absolute atomic E-state index is 0.362. The minimum Gasteiger partial charge on any atom is -0.388 e. The van der Waals surface area contributed by atoms with E-state index in [-0.39, 0.29) is 0 Å². The van der Waals surface area contributed by atoms with Gasteiger partial charge in [-0.2, -0.15) is 0 Å². The van der Waals surface area contributed by atoms with Crippen molar-refractivity contribution < 1.29 is 9.50 Å². The lowest BCUT2D eigenvalue weighted by Crippen LogP contribution is -2.01. The molecule has 84 valence electrons. The first-order chi connectivity index (χ1) is 7.25. The highest BCUT2D eigenvalue weighted by molar-refractivity contribution is 5.15. The summed E-state index contributed by atoms with van der Waals surface area (Å²) in [4.78, 5) is 3.65. The van der Waals surface area contributed by atoms with Crippen molar-refractivity contribution in [2.45, 2.75) is 45.1 Å². The van der Waals surface area contributed by atoms with Gasteiger partial charge in [0, 0.05) is 11.8 Å². The monoisotopic (exact) mass is 211 g/mol. The van der Waals surface area contributed by atoms with Crippen molar-refractivity contribution in [1.29, 1.82) is 0 Å². The second-order valence-corrected chi connectivity index (χ2v) is 3.76. The highest BCUT2D eigenvalue weighted by Crippen LogP contribution is 2.21. The van der Waals surface area contributed by atoms with Gasteiger partial charge in [0.2, 0.25) is 0 Å². The third-order valence-corrected chi connectivity index (χ3v) is 2.49. The van der Waals surface area contributed by atoms with Crippen LogP contribution in [0.4, 0.5) is 4.39 Å². The Kier molecular flexibility index (Phi) is 5.26. The van der Waals surface area contributed by atoms with Crippen molar-refractivity contribution >= 4 is 0 Å². The molecule has 1 aromatic heterocycles.